The zero-order valence-electron chi connectivity index (χ0n) is 9.86. The van der Waals surface area contributed by atoms with E-state index in [9.17, 15) is 17.2 Å². The van der Waals surface area contributed by atoms with E-state index in [1.54, 1.807) is 6.92 Å². The maximum Gasteiger partial charge on any atom is 0.246 e. The number of halogens is 2. The van der Waals surface area contributed by atoms with Gasteiger partial charge in [-0.15, -0.1) is 0 Å². The van der Waals surface area contributed by atoms with Gasteiger partial charge in [0.15, 0.2) is 0 Å². The lowest BCUT2D eigenvalue weighted by Gasteiger charge is -2.32. The smallest absolute Gasteiger partial charge is 0.246 e. The van der Waals surface area contributed by atoms with Crippen molar-refractivity contribution >= 4 is 10.0 Å². The molecule has 0 bridgehead atoms. The fourth-order valence-electron chi connectivity index (χ4n) is 1.99. The number of nitrogens with zero attached hydrogens (tertiary/aromatic N) is 1. The molecule has 1 saturated heterocycles. The van der Waals surface area contributed by atoms with Crippen LogP contribution in [0.1, 0.15) is 6.92 Å². The lowest BCUT2D eigenvalue weighted by atomic mass is 10.3. The maximum absolute atomic E-state index is 13.6. The minimum Gasteiger partial charge on any atom is -0.314 e. The summed E-state index contributed by atoms with van der Waals surface area (Å²) in [6, 6.07) is 2.24. The Morgan fingerprint density at radius 1 is 1.39 bits per heavy atom. The molecule has 7 heteroatoms. The van der Waals surface area contributed by atoms with Crippen LogP contribution < -0.4 is 5.32 Å². The summed E-state index contributed by atoms with van der Waals surface area (Å²) in [5.41, 5.74) is 0. The number of sulfonamides is 1. The van der Waals surface area contributed by atoms with Gasteiger partial charge in [0.25, 0.3) is 0 Å². The molecule has 18 heavy (non-hydrogen) atoms. The van der Waals surface area contributed by atoms with E-state index < -0.39 is 26.6 Å². The summed E-state index contributed by atoms with van der Waals surface area (Å²) in [5, 5.41) is 3.05. The molecule has 1 fully saturated rings. The second-order valence-corrected chi connectivity index (χ2v) is 6.10. The van der Waals surface area contributed by atoms with Crippen molar-refractivity contribution in [2.75, 3.05) is 19.6 Å². The molecule has 1 aromatic carbocycles. The highest BCUT2D eigenvalue weighted by Crippen LogP contribution is 2.22. The van der Waals surface area contributed by atoms with Gasteiger partial charge in [-0.3, -0.25) is 0 Å². The second-order valence-electron chi connectivity index (χ2n) is 4.24. The molecular weight excluding hydrogens is 262 g/mol. The molecule has 2 rings (SSSR count). The van der Waals surface area contributed by atoms with Crippen LogP contribution in [0, 0.1) is 11.6 Å². The van der Waals surface area contributed by atoms with Crippen molar-refractivity contribution in [1.29, 1.82) is 0 Å². The Morgan fingerprint density at radius 2 is 2.11 bits per heavy atom. The first-order valence-electron chi connectivity index (χ1n) is 5.60. The molecule has 1 atom stereocenters. The molecular formula is C11H14F2N2O2S. The molecule has 0 radical (unpaired) electrons. The molecule has 0 spiro atoms. The Kier molecular flexibility index (Phi) is 3.65. The molecule has 1 aromatic rings. The molecule has 0 aromatic heterocycles. The first-order valence-corrected chi connectivity index (χ1v) is 7.04. The van der Waals surface area contributed by atoms with Crippen molar-refractivity contribution in [3.05, 3.63) is 29.8 Å². The Labute approximate surface area is 105 Å². The van der Waals surface area contributed by atoms with Crippen molar-refractivity contribution < 1.29 is 17.2 Å². The fraction of sp³-hybridized carbons (Fsp3) is 0.455. The van der Waals surface area contributed by atoms with Crippen LogP contribution >= 0.6 is 0 Å². The zero-order valence-corrected chi connectivity index (χ0v) is 10.7. The fourth-order valence-corrected chi connectivity index (χ4v) is 3.67. The van der Waals surface area contributed by atoms with Crippen LogP contribution in [0.2, 0.25) is 0 Å². The maximum atomic E-state index is 13.6. The molecule has 1 heterocycles. The van der Waals surface area contributed by atoms with E-state index in [-0.39, 0.29) is 12.6 Å². The number of hydrogen-bond donors (Lipinski definition) is 1. The van der Waals surface area contributed by atoms with E-state index in [1.165, 1.54) is 4.31 Å². The highest BCUT2D eigenvalue weighted by Gasteiger charge is 2.32. The first kappa shape index (κ1) is 13.4. The van der Waals surface area contributed by atoms with E-state index in [0.29, 0.717) is 19.2 Å². The van der Waals surface area contributed by atoms with Crippen molar-refractivity contribution in [3.63, 3.8) is 0 Å². The molecule has 0 saturated carbocycles. The summed E-state index contributed by atoms with van der Waals surface area (Å²) in [7, 11) is -3.91. The van der Waals surface area contributed by atoms with Crippen molar-refractivity contribution in [3.8, 4) is 0 Å². The summed E-state index contributed by atoms with van der Waals surface area (Å²) in [6.45, 7) is 3.06. The number of rotatable bonds is 2. The summed E-state index contributed by atoms with van der Waals surface area (Å²) >= 11 is 0. The quantitative estimate of drug-likeness (QED) is 0.875. The van der Waals surface area contributed by atoms with Crippen LogP contribution in [0.3, 0.4) is 0 Å². The number of benzene rings is 1. The predicted octanol–water partition coefficient (Wildman–Crippen LogP) is 0.947. The average Bonchev–Trinajstić information content (AvgIpc) is 2.28. The number of nitrogens with one attached hydrogen (secondary N) is 1. The van der Waals surface area contributed by atoms with E-state index in [2.05, 4.69) is 5.32 Å². The Balaban J connectivity index is 2.41. The van der Waals surface area contributed by atoms with Crippen LogP contribution in [0.4, 0.5) is 8.78 Å². The lowest BCUT2D eigenvalue weighted by molar-refractivity contribution is 0.283. The van der Waals surface area contributed by atoms with Gasteiger partial charge in [0.1, 0.15) is 16.5 Å². The minimum absolute atomic E-state index is 0.256. The predicted molar refractivity (Wildman–Crippen MR) is 62.6 cm³/mol. The third kappa shape index (κ3) is 2.38. The van der Waals surface area contributed by atoms with E-state index in [1.807, 2.05) is 0 Å². The van der Waals surface area contributed by atoms with Gasteiger partial charge in [0.2, 0.25) is 10.0 Å². The number of piperazine rings is 1. The van der Waals surface area contributed by atoms with E-state index >= 15 is 0 Å². The van der Waals surface area contributed by atoms with Gasteiger partial charge in [0, 0.05) is 31.7 Å². The molecule has 1 aliphatic rings. The van der Waals surface area contributed by atoms with Crippen LogP contribution in [-0.4, -0.2) is 38.4 Å². The molecule has 100 valence electrons. The van der Waals surface area contributed by atoms with Crippen molar-refractivity contribution in [1.82, 2.24) is 9.62 Å². The molecule has 1 N–H and O–H groups in total. The Morgan fingerprint density at radius 3 is 2.72 bits per heavy atom. The SMILES string of the molecule is CC1CNCCN1S(=O)(=O)c1ccc(F)cc1F. The zero-order chi connectivity index (χ0) is 13.3. The van der Waals surface area contributed by atoms with E-state index in [0.717, 1.165) is 12.1 Å². The summed E-state index contributed by atoms with van der Waals surface area (Å²) < 4.78 is 52.1. The normalized spacial score (nSPS) is 22.1. The first-order chi connectivity index (χ1) is 8.43. The summed E-state index contributed by atoms with van der Waals surface area (Å²) in [5.74, 6) is -1.85. The van der Waals surface area contributed by atoms with Gasteiger partial charge in [-0.05, 0) is 19.1 Å². The van der Waals surface area contributed by atoms with Crippen molar-refractivity contribution in [2.45, 2.75) is 17.9 Å². The highest BCUT2D eigenvalue weighted by atomic mass is 32.2. The third-order valence-electron chi connectivity index (χ3n) is 2.92. The van der Waals surface area contributed by atoms with Gasteiger partial charge in [-0.25, -0.2) is 17.2 Å². The van der Waals surface area contributed by atoms with Crippen LogP contribution in [0.15, 0.2) is 23.1 Å². The standard InChI is InChI=1S/C11H14F2N2O2S/c1-8-7-14-4-5-15(8)18(16,17)11-3-2-9(12)6-10(11)13/h2-3,6,8,14H,4-5,7H2,1H3. The largest absolute Gasteiger partial charge is 0.314 e. The Hall–Kier alpha value is -1.05. The second kappa shape index (κ2) is 4.91. The van der Waals surface area contributed by atoms with E-state index in [4.69, 9.17) is 0 Å². The van der Waals surface area contributed by atoms with Crippen LogP contribution in [0.5, 0.6) is 0 Å². The third-order valence-corrected chi connectivity index (χ3v) is 4.97. The van der Waals surface area contributed by atoms with Gasteiger partial charge in [-0.2, -0.15) is 4.31 Å². The number of hydrogen-bond acceptors (Lipinski definition) is 3. The van der Waals surface area contributed by atoms with Gasteiger partial charge >= 0.3 is 0 Å². The highest BCUT2D eigenvalue weighted by molar-refractivity contribution is 7.89. The van der Waals surface area contributed by atoms with Crippen LogP contribution in [-0.2, 0) is 10.0 Å². The van der Waals surface area contributed by atoms with Gasteiger partial charge in [0.05, 0.1) is 0 Å². The van der Waals surface area contributed by atoms with Crippen LogP contribution in [0.25, 0.3) is 0 Å². The molecule has 0 aliphatic carbocycles. The van der Waals surface area contributed by atoms with Crippen molar-refractivity contribution in [2.24, 2.45) is 0 Å². The molecule has 0 amide bonds. The lowest BCUT2D eigenvalue weighted by Crippen LogP contribution is -2.52. The monoisotopic (exact) mass is 276 g/mol. The van der Waals surface area contributed by atoms with Gasteiger partial charge in [-0.1, -0.05) is 0 Å². The molecule has 1 unspecified atom stereocenters. The summed E-state index contributed by atoms with van der Waals surface area (Å²) in [4.78, 5) is -0.474. The topological polar surface area (TPSA) is 49.4 Å². The average molecular weight is 276 g/mol. The Bertz CT molecular complexity index is 548. The van der Waals surface area contributed by atoms with Gasteiger partial charge < -0.3 is 5.32 Å². The summed E-state index contributed by atoms with van der Waals surface area (Å²) in [6.07, 6.45) is 0. The molecule has 1 aliphatic heterocycles. The molecule has 4 nitrogen and oxygen atoms in total. The minimum atomic E-state index is -3.91.